The molecule has 9 nitrogen and oxygen atoms in total. The molecule has 2 saturated heterocycles. The summed E-state index contributed by atoms with van der Waals surface area (Å²) in [5.41, 5.74) is 3.03. The van der Waals surface area contributed by atoms with Crippen molar-refractivity contribution < 1.29 is 23.6 Å². The molecule has 1 unspecified atom stereocenters. The van der Waals surface area contributed by atoms with Gasteiger partial charge in [-0.3, -0.25) is 24.6 Å². The first-order valence-electron chi connectivity index (χ1n) is 12.8. The molecule has 4 amide bonds. The Morgan fingerprint density at radius 1 is 1.17 bits per heavy atom. The lowest BCUT2D eigenvalue weighted by atomic mass is 9.85. The summed E-state index contributed by atoms with van der Waals surface area (Å²) in [6.07, 6.45) is 3.12. The number of fused-ring (bicyclic) bond motifs is 1. The third-order valence-corrected chi connectivity index (χ3v) is 9.05. The van der Waals surface area contributed by atoms with Crippen LogP contribution in [0.25, 0.3) is 0 Å². The summed E-state index contributed by atoms with van der Waals surface area (Å²) >= 11 is 0. The smallest absolute Gasteiger partial charge is 0.258 e. The van der Waals surface area contributed by atoms with Gasteiger partial charge in [0.2, 0.25) is 11.8 Å². The molecule has 0 aromatic carbocycles. The van der Waals surface area contributed by atoms with E-state index in [-0.39, 0.29) is 59.3 Å². The average Bonchev–Trinajstić information content (AvgIpc) is 3.68. The van der Waals surface area contributed by atoms with Crippen molar-refractivity contribution in [1.82, 2.24) is 26.4 Å². The van der Waals surface area contributed by atoms with Crippen LogP contribution >= 0.6 is 0 Å². The summed E-state index contributed by atoms with van der Waals surface area (Å²) < 4.78 is 14.4. The molecule has 2 aliphatic heterocycles. The van der Waals surface area contributed by atoms with E-state index in [4.69, 9.17) is 0 Å². The second kappa shape index (κ2) is 7.63. The highest BCUT2D eigenvalue weighted by atomic mass is 19.1. The van der Waals surface area contributed by atoms with Gasteiger partial charge in [-0.05, 0) is 54.8 Å². The van der Waals surface area contributed by atoms with Crippen LogP contribution in [0.5, 0.6) is 0 Å². The van der Waals surface area contributed by atoms with Crippen LogP contribution in [-0.2, 0) is 19.2 Å². The van der Waals surface area contributed by atoms with Crippen molar-refractivity contribution in [3.63, 3.8) is 0 Å². The maximum atomic E-state index is 14.4. The minimum absolute atomic E-state index is 0.00466. The molecule has 10 heteroatoms. The molecule has 5 fully saturated rings. The lowest BCUT2D eigenvalue weighted by molar-refractivity contribution is -0.146. The molecule has 0 aromatic heterocycles. The van der Waals surface area contributed by atoms with Gasteiger partial charge in [-0.15, -0.1) is 0 Å². The third kappa shape index (κ3) is 4.21. The molecule has 4 N–H and O–H groups in total. The van der Waals surface area contributed by atoms with Crippen LogP contribution in [0.2, 0.25) is 0 Å². The molecule has 2 heterocycles. The summed E-state index contributed by atoms with van der Waals surface area (Å²) in [5, 5.41) is 5.69. The number of hydrogen-bond acceptors (Lipinski definition) is 5. The Hall–Kier alpha value is -2.23. The molecular weight excluding hydrogens is 453 g/mol. The number of hydrogen-bond donors (Lipinski definition) is 4. The van der Waals surface area contributed by atoms with Gasteiger partial charge >= 0.3 is 0 Å². The molecule has 1 spiro atoms. The van der Waals surface area contributed by atoms with Gasteiger partial charge in [0, 0.05) is 18.6 Å². The van der Waals surface area contributed by atoms with E-state index in [1.54, 1.807) is 4.90 Å². The number of nitrogens with zero attached hydrogens (tertiary/aromatic N) is 1. The number of amides is 4. The van der Waals surface area contributed by atoms with Gasteiger partial charge in [0.15, 0.2) is 5.67 Å². The van der Waals surface area contributed by atoms with E-state index < -0.39 is 29.1 Å². The largest absolute Gasteiger partial charge is 0.350 e. The normalized spacial score (nSPS) is 33.5. The molecule has 5 rings (SSSR count). The highest BCUT2D eigenvalue weighted by molar-refractivity contribution is 5.96. The second-order valence-electron chi connectivity index (χ2n) is 13.2. The van der Waals surface area contributed by atoms with Crippen molar-refractivity contribution in [2.45, 2.75) is 90.0 Å². The van der Waals surface area contributed by atoms with E-state index in [9.17, 15) is 23.6 Å². The summed E-state index contributed by atoms with van der Waals surface area (Å²) in [4.78, 5) is 53.3. The molecular formula is C25H38FN5O4. The first-order chi connectivity index (χ1) is 16.2. The molecule has 5 atom stereocenters. The van der Waals surface area contributed by atoms with Crippen molar-refractivity contribution in [2.24, 2.45) is 28.6 Å². The number of nitrogens with one attached hydrogen (secondary N) is 4. The van der Waals surface area contributed by atoms with Crippen molar-refractivity contribution in [1.29, 1.82) is 0 Å². The zero-order chi connectivity index (χ0) is 25.6. The predicted octanol–water partition coefficient (Wildman–Crippen LogP) is 0.792. The Labute approximate surface area is 205 Å². The maximum absolute atomic E-state index is 14.4. The Balaban J connectivity index is 1.26. The van der Waals surface area contributed by atoms with Gasteiger partial charge in [0.25, 0.3) is 11.8 Å². The van der Waals surface area contributed by atoms with Crippen LogP contribution in [0.4, 0.5) is 4.39 Å². The standard InChI is InChI=1S/C25H38FN5O4/c1-22(2,3)17(28-21(35)25(26)8-9-25)20(34)31-12-14-15(23(14,4)5)16(31)19(33)30-27-11-13-10-24(6-7-24)29-18(13)32/h13-17,27H,6-12H2,1-5H3,(H,28,35)(H,29,32)(H,30,33)/t13?,14-,15-,16-,17+/m0/s1. The topological polar surface area (TPSA) is 120 Å². The molecule has 5 aliphatic rings. The van der Waals surface area contributed by atoms with Crippen LogP contribution in [-0.4, -0.2) is 64.9 Å². The van der Waals surface area contributed by atoms with E-state index in [1.165, 1.54) is 0 Å². The maximum Gasteiger partial charge on any atom is 0.258 e. The van der Waals surface area contributed by atoms with Gasteiger partial charge < -0.3 is 15.5 Å². The molecule has 194 valence electrons. The van der Waals surface area contributed by atoms with Crippen LogP contribution in [0.3, 0.4) is 0 Å². The highest BCUT2D eigenvalue weighted by Gasteiger charge is 2.70. The number of carbonyl (C=O) groups excluding carboxylic acids is 4. The quantitative estimate of drug-likeness (QED) is 0.393. The van der Waals surface area contributed by atoms with E-state index in [0.29, 0.717) is 13.1 Å². The number of hydrazine groups is 1. The van der Waals surface area contributed by atoms with Crippen LogP contribution in [0.1, 0.15) is 66.7 Å². The number of likely N-dealkylation sites (tertiary alicyclic amines) is 1. The minimum Gasteiger partial charge on any atom is -0.350 e. The summed E-state index contributed by atoms with van der Waals surface area (Å²) in [5.74, 6) is -1.42. The fourth-order valence-corrected chi connectivity index (χ4v) is 6.18. The minimum atomic E-state index is -1.88. The lowest BCUT2D eigenvalue weighted by Gasteiger charge is -2.37. The molecule has 35 heavy (non-hydrogen) atoms. The van der Waals surface area contributed by atoms with Gasteiger partial charge in [-0.25, -0.2) is 9.82 Å². The fraction of sp³-hybridized carbons (Fsp3) is 0.840. The first kappa shape index (κ1) is 24.5. The fourth-order valence-electron chi connectivity index (χ4n) is 6.18. The van der Waals surface area contributed by atoms with Gasteiger partial charge in [-0.1, -0.05) is 34.6 Å². The Morgan fingerprint density at radius 2 is 1.83 bits per heavy atom. The van der Waals surface area contributed by atoms with Gasteiger partial charge in [-0.2, -0.15) is 0 Å². The Bertz CT molecular complexity index is 967. The van der Waals surface area contributed by atoms with Crippen molar-refractivity contribution in [2.75, 3.05) is 13.1 Å². The van der Waals surface area contributed by atoms with Crippen LogP contribution in [0, 0.1) is 28.6 Å². The summed E-state index contributed by atoms with van der Waals surface area (Å²) in [6, 6.07) is -1.63. The van der Waals surface area contributed by atoms with Crippen LogP contribution in [0.15, 0.2) is 0 Å². The van der Waals surface area contributed by atoms with E-state index in [1.807, 2.05) is 20.8 Å². The number of rotatable bonds is 7. The molecule has 0 bridgehead atoms. The van der Waals surface area contributed by atoms with E-state index in [0.717, 1.165) is 19.3 Å². The zero-order valence-electron chi connectivity index (χ0n) is 21.3. The second-order valence-corrected chi connectivity index (χ2v) is 13.2. The molecule has 3 saturated carbocycles. The van der Waals surface area contributed by atoms with Gasteiger partial charge in [0.05, 0.1) is 5.92 Å². The molecule has 3 aliphatic carbocycles. The predicted molar refractivity (Wildman–Crippen MR) is 125 cm³/mol. The van der Waals surface area contributed by atoms with Crippen molar-refractivity contribution in [3.8, 4) is 0 Å². The average molecular weight is 492 g/mol. The Kier molecular flexibility index (Phi) is 5.34. The number of alkyl halides is 1. The molecule has 0 aromatic rings. The highest BCUT2D eigenvalue weighted by Crippen LogP contribution is 2.65. The first-order valence-corrected chi connectivity index (χ1v) is 12.8. The number of carbonyl (C=O) groups is 4. The number of halogens is 1. The lowest BCUT2D eigenvalue weighted by Crippen LogP contribution is -2.61. The van der Waals surface area contributed by atoms with Crippen LogP contribution < -0.4 is 21.5 Å². The Morgan fingerprint density at radius 3 is 2.37 bits per heavy atom. The molecule has 0 radical (unpaired) electrons. The van der Waals surface area contributed by atoms with Crippen molar-refractivity contribution in [3.05, 3.63) is 0 Å². The van der Waals surface area contributed by atoms with E-state index in [2.05, 4.69) is 35.3 Å². The SMILES string of the molecule is CC(C)(C)[C@H](NC(=O)C1(F)CC1)C(=O)N1C[C@H]2[C@@H]([C@H]1C(=O)NNCC1CC3(CC3)NC1=O)C2(C)C. The zero-order valence-corrected chi connectivity index (χ0v) is 21.3. The number of piperidine rings is 1. The van der Waals surface area contributed by atoms with E-state index >= 15 is 0 Å². The van der Waals surface area contributed by atoms with Crippen molar-refractivity contribution >= 4 is 23.6 Å². The monoisotopic (exact) mass is 491 g/mol. The third-order valence-electron chi connectivity index (χ3n) is 9.05. The summed E-state index contributed by atoms with van der Waals surface area (Å²) in [6.45, 7) is 10.4. The summed E-state index contributed by atoms with van der Waals surface area (Å²) in [7, 11) is 0. The van der Waals surface area contributed by atoms with Gasteiger partial charge in [0.1, 0.15) is 12.1 Å².